The van der Waals surface area contributed by atoms with Gasteiger partial charge in [0.2, 0.25) is 0 Å². The lowest BCUT2D eigenvalue weighted by Gasteiger charge is -2.26. The number of carbonyl (C=O) groups is 1. The first-order chi connectivity index (χ1) is 8.43. The van der Waals surface area contributed by atoms with Gasteiger partial charge in [0.05, 0.1) is 6.54 Å². The molecule has 0 radical (unpaired) electrons. The van der Waals surface area contributed by atoms with Crippen molar-refractivity contribution < 1.29 is 9.90 Å². The van der Waals surface area contributed by atoms with Crippen molar-refractivity contribution in [3.63, 3.8) is 0 Å². The summed E-state index contributed by atoms with van der Waals surface area (Å²) < 4.78 is 1.07. The Kier molecular flexibility index (Phi) is 5.82. The first-order valence-electron chi connectivity index (χ1n) is 6.15. The van der Waals surface area contributed by atoms with E-state index < -0.39 is 5.97 Å². The molecule has 0 amide bonds. The van der Waals surface area contributed by atoms with Gasteiger partial charge in [0.25, 0.3) is 0 Å². The minimum absolute atomic E-state index is 0.0838. The molecular weight excluding hydrogens is 294 g/mol. The van der Waals surface area contributed by atoms with Crippen molar-refractivity contribution in [2.75, 3.05) is 6.54 Å². The van der Waals surface area contributed by atoms with Crippen LogP contribution in [-0.4, -0.2) is 28.6 Å². The second-order valence-corrected chi connectivity index (χ2v) is 5.49. The molecule has 100 valence electrons. The Morgan fingerprint density at radius 3 is 2.67 bits per heavy atom. The molecule has 4 heteroatoms. The molecule has 0 aliphatic rings. The monoisotopic (exact) mass is 313 g/mol. The lowest BCUT2D eigenvalue weighted by Crippen LogP contribution is -2.36. The maximum absolute atomic E-state index is 10.9. The van der Waals surface area contributed by atoms with Gasteiger partial charge in [-0.2, -0.15) is 0 Å². The predicted molar refractivity (Wildman–Crippen MR) is 76.7 cm³/mol. The van der Waals surface area contributed by atoms with E-state index in [-0.39, 0.29) is 12.6 Å². The van der Waals surface area contributed by atoms with Crippen LogP contribution >= 0.6 is 15.9 Å². The van der Waals surface area contributed by atoms with Crippen LogP contribution in [0, 0.1) is 6.92 Å². The van der Waals surface area contributed by atoms with Gasteiger partial charge in [0, 0.05) is 17.1 Å². The average molecular weight is 314 g/mol. The molecule has 0 aromatic heterocycles. The fourth-order valence-corrected chi connectivity index (χ4v) is 2.19. The molecule has 1 unspecified atom stereocenters. The van der Waals surface area contributed by atoms with Crippen LogP contribution in [0.2, 0.25) is 0 Å². The molecule has 0 fully saturated rings. The topological polar surface area (TPSA) is 40.5 Å². The van der Waals surface area contributed by atoms with E-state index >= 15 is 0 Å². The second kappa shape index (κ2) is 6.90. The van der Waals surface area contributed by atoms with Crippen LogP contribution in [0.15, 0.2) is 22.7 Å². The number of carboxylic acids is 1. The predicted octanol–water partition coefficient (Wildman–Crippen LogP) is 3.44. The Balaban J connectivity index is 2.81. The van der Waals surface area contributed by atoms with Crippen molar-refractivity contribution >= 4 is 21.9 Å². The second-order valence-electron chi connectivity index (χ2n) is 4.64. The van der Waals surface area contributed by atoms with Gasteiger partial charge >= 0.3 is 5.97 Å². The molecule has 1 aromatic carbocycles. The minimum Gasteiger partial charge on any atom is -0.480 e. The summed E-state index contributed by atoms with van der Waals surface area (Å²) in [4.78, 5) is 12.9. The van der Waals surface area contributed by atoms with Crippen LogP contribution in [0.5, 0.6) is 0 Å². The molecule has 1 N–H and O–H groups in total. The Bertz CT molecular complexity index is 420. The summed E-state index contributed by atoms with van der Waals surface area (Å²) in [7, 11) is 0. The number of aryl methyl sites for hydroxylation is 1. The minimum atomic E-state index is -0.776. The highest BCUT2D eigenvalue weighted by Crippen LogP contribution is 2.19. The molecule has 0 bridgehead atoms. The van der Waals surface area contributed by atoms with Gasteiger partial charge in [-0.05, 0) is 37.5 Å². The molecule has 1 atom stereocenters. The first kappa shape index (κ1) is 15.2. The maximum atomic E-state index is 10.9. The fraction of sp³-hybridized carbons (Fsp3) is 0.500. The molecule has 3 nitrogen and oxygen atoms in total. The Hall–Kier alpha value is -0.870. The number of hydrogen-bond acceptors (Lipinski definition) is 2. The lowest BCUT2D eigenvalue weighted by atomic mass is 10.1. The van der Waals surface area contributed by atoms with Crippen LogP contribution in [0.3, 0.4) is 0 Å². The van der Waals surface area contributed by atoms with E-state index in [1.807, 2.05) is 11.8 Å². The van der Waals surface area contributed by atoms with Gasteiger partial charge in [0.15, 0.2) is 0 Å². The van der Waals surface area contributed by atoms with Gasteiger partial charge in [0.1, 0.15) is 0 Å². The molecule has 0 aliphatic heterocycles. The third-order valence-corrected chi connectivity index (χ3v) is 4.03. The van der Waals surface area contributed by atoms with E-state index in [0.29, 0.717) is 6.54 Å². The van der Waals surface area contributed by atoms with Crippen molar-refractivity contribution in [1.29, 1.82) is 0 Å². The number of halogens is 1. The summed E-state index contributed by atoms with van der Waals surface area (Å²) in [5.74, 6) is -0.776. The van der Waals surface area contributed by atoms with Crippen molar-refractivity contribution in [3.05, 3.63) is 33.8 Å². The lowest BCUT2D eigenvalue weighted by molar-refractivity contribution is -0.139. The number of rotatable bonds is 6. The highest BCUT2D eigenvalue weighted by molar-refractivity contribution is 9.10. The fourth-order valence-electron chi connectivity index (χ4n) is 1.77. The highest BCUT2D eigenvalue weighted by atomic mass is 79.9. The van der Waals surface area contributed by atoms with E-state index in [0.717, 1.165) is 16.5 Å². The van der Waals surface area contributed by atoms with Gasteiger partial charge in [-0.3, -0.25) is 9.69 Å². The molecule has 1 aromatic rings. The molecule has 1 rings (SSSR count). The summed E-state index contributed by atoms with van der Waals surface area (Å²) >= 11 is 3.51. The van der Waals surface area contributed by atoms with E-state index in [9.17, 15) is 4.79 Å². The maximum Gasteiger partial charge on any atom is 0.317 e. The number of hydrogen-bond donors (Lipinski definition) is 1. The number of benzene rings is 1. The molecule has 18 heavy (non-hydrogen) atoms. The highest BCUT2D eigenvalue weighted by Gasteiger charge is 2.16. The van der Waals surface area contributed by atoms with Gasteiger partial charge < -0.3 is 5.11 Å². The first-order valence-corrected chi connectivity index (χ1v) is 6.94. The zero-order valence-corrected chi connectivity index (χ0v) is 12.7. The van der Waals surface area contributed by atoms with Crippen molar-refractivity contribution in [2.24, 2.45) is 0 Å². The zero-order valence-electron chi connectivity index (χ0n) is 11.1. The van der Waals surface area contributed by atoms with Crippen LogP contribution in [-0.2, 0) is 11.3 Å². The number of carboxylic acid groups (broad SMARTS) is 1. The van der Waals surface area contributed by atoms with Gasteiger partial charge in [-0.15, -0.1) is 0 Å². The van der Waals surface area contributed by atoms with Crippen molar-refractivity contribution in [1.82, 2.24) is 4.90 Å². The molecule has 0 saturated carbocycles. The summed E-state index contributed by atoms with van der Waals surface area (Å²) in [5.41, 5.74) is 2.32. The van der Waals surface area contributed by atoms with Crippen LogP contribution in [0.1, 0.15) is 31.4 Å². The summed E-state index contributed by atoms with van der Waals surface area (Å²) in [6.45, 7) is 6.93. The van der Waals surface area contributed by atoms with Crippen LogP contribution in [0.25, 0.3) is 0 Å². The van der Waals surface area contributed by atoms with Crippen LogP contribution < -0.4 is 0 Å². The summed E-state index contributed by atoms with van der Waals surface area (Å²) in [6.07, 6.45) is 0.945. The Morgan fingerprint density at radius 1 is 1.50 bits per heavy atom. The number of aliphatic carboxylic acids is 1. The standard InChI is InChI=1S/C14H20BrNO2/c1-4-11(3)16(9-14(17)18)8-12-6-5-10(2)13(15)7-12/h5-7,11H,4,8-9H2,1-3H3,(H,17,18). The normalized spacial score (nSPS) is 12.7. The smallest absolute Gasteiger partial charge is 0.317 e. The molecule has 0 spiro atoms. The molecule has 0 saturated heterocycles. The Morgan fingerprint density at radius 2 is 2.17 bits per heavy atom. The Labute approximate surface area is 117 Å². The summed E-state index contributed by atoms with van der Waals surface area (Å²) in [5, 5.41) is 8.95. The molecule has 0 aliphatic carbocycles. The van der Waals surface area contributed by atoms with E-state index in [4.69, 9.17) is 5.11 Å². The average Bonchev–Trinajstić information content (AvgIpc) is 2.31. The quantitative estimate of drug-likeness (QED) is 0.874. The third-order valence-electron chi connectivity index (χ3n) is 3.17. The van der Waals surface area contributed by atoms with Crippen molar-refractivity contribution in [3.8, 4) is 0 Å². The number of nitrogens with zero attached hydrogens (tertiary/aromatic N) is 1. The SMILES string of the molecule is CCC(C)N(CC(=O)O)Cc1ccc(C)c(Br)c1. The van der Waals surface area contributed by atoms with Crippen molar-refractivity contribution in [2.45, 2.75) is 39.8 Å². The largest absolute Gasteiger partial charge is 0.480 e. The van der Waals surface area contributed by atoms with E-state index in [1.54, 1.807) is 0 Å². The van der Waals surface area contributed by atoms with Crippen LogP contribution in [0.4, 0.5) is 0 Å². The molecule has 0 heterocycles. The van der Waals surface area contributed by atoms with E-state index in [2.05, 4.69) is 48.0 Å². The van der Waals surface area contributed by atoms with Gasteiger partial charge in [-0.25, -0.2) is 0 Å². The third kappa shape index (κ3) is 4.42. The van der Waals surface area contributed by atoms with E-state index in [1.165, 1.54) is 5.56 Å². The zero-order chi connectivity index (χ0) is 13.7. The summed E-state index contributed by atoms with van der Waals surface area (Å²) in [6, 6.07) is 6.43. The van der Waals surface area contributed by atoms with Gasteiger partial charge in [-0.1, -0.05) is 35.0 Å². The molecular formula is C14H20BrNO2.